The predicted octanol–water partition coefficient (Wildman–Crippen LogP) is 0.0483. The quantitative estimate of drug-likeness (QED) is 0.478. The first-order valence-corrected chi connectivity index (χ1v) is 2.36. The number of Topliss-reactive ketones (excluding diaryl/α,β-unsaturated/α-hetero) is 1. The fourth-order valence-corrected chi connectivity index (χ4v) is 0.433. The van der Waals surface area contributed by atoms with E-state index in [-0.39, 0.29) is 5.78 Å². The Bertz CT molecular complexity index is 149. The van der Waals surface area contributed by atoms with Crippen LogP contribution in [0, 0.1) is 0 Å². The van der Waals surface area contributed by atoms with Gasteiger partial charge in [-0.25, -0.2) is 0 Å². The molecule has 0 unspecified atom stereocenters. The molecule has 3 nitrogen and oxygen atoms in total. The number of carbonyl (C=O) groups is 1. The summed E-state index contributed by atoms with van der Waals surface area (Å²) in [5.41, 5.74) is 2.55. The molecule has 0 fully saturated rings. The highest BCUT2D eigenvalue weighted by molar-refractivity contribution is 6.27. The Hall–Kier alpha value is -1.12. The highest BCUT2D eigenvalue weighted by Crippen LogP contribution is 1.84. The van der Waals surface area contributed by atoms with E-state index < -0.39 is 0 Å². The smallest absolute Gasteiger partial charge is 0.179 e. The zero-order valence-electron chi connectivity index (χ0n) is 4.29. The molecule has 0 bridgehead atoms. The summed E-state index contributed by atoms with van der Waals surface area (Å²) < 4.78 is 0. The van der Waals surface area contributed by atoms with Gasteiger partial charge in [-0.3, -0.25) is 10.2 Å². The van der Waals surface area contributed by atoms with E-state index in [0.29, 0.717) is 6.42 Å². The highest BCUT2D eigenvalue weighted by Gasteiger charge is 1.93. The molecule has 0 radical (unpaired) electrons. The lowest BCUT2D eigenvalue weighted by Gasteiger charge is -1.78. The lowest BCUT2D eigenvalue weighted by Crippen LogP contribution is -1.96. The van der Waals surface area contributed by atoms with E-state index in [2.05, 4.69) is 10.5 Å². The van der Waals surface area contributed by atoms with Gasteiger partial charge in [0.2, 0.25) is 0 Å². The number of carbonyl (C=O) groups excluding carboxylic acids is 1. The van der Waals surface area contributed by atoms with E-state index >= 15 is 0 Å². The Labute approximate surface area is 47.1 Å². The Balaban J connectivity index is 2.61. The SMILES string of the molecule is O=C1C=NNC=CC1. The van der Waals surface area contributed by atoms with Crippen LogP contribution < -0.4 is 5.43 Å². The maximum absolute atomic E-state index is 10.4. The summed E-state index contributed by atoms with van der Waals surface area (Å²) in [4.78, 5) is 10.4. The average molecular weight is 110 g/mol. The minimum Gasteiger partial charge on any atom is -0.293 e. The first-order chi connectivity index (χ1) is 3.89. The van der Waals surface area contributed by atoms with Crippen LogP contribution in [0.2, 0.25) is 0 Å². The van der Waals surface area contributed by atoms with Crippen molar-refractivity contribution in [3.63, 3.8) is 0 Å². The predicted molar refractivity (Wildman–Crippen MR) is 30.4 cm³/mol. The van der Waals surface area contributed by atoms with E-state index in [1.807, 2.05) is 0 Å². The van der Waals surface area contributed by atoms with Gasteiger partial charge in [0.15, 0.2) is 5.78 Å². The third-order valence-electron chi connectivity index (χ3n) is 0.794. The van der Waals surface area contributed by atoms with Crippen molar-refractivity contribution in [2.75, 3.05) is 0 Å². The first kappa shape index (κ1) is 5.03. The van der Waals surface area contributed by atoms with Crippen molar-refractivity contribution < 1.29 is 4.79 Å². The van der Waals surface area contributed by atoms with E-state index in [0.717, 1.165) is 0 Å². The fraction of sp³-hybridized carbons (Fsp3) is 0.200. The molecule has 0 amide bonds. The molecule has 1 aliphatic rings. The van der Waals surface area contributed by atoms with Crippen LogP contribution in [0.3, 0.4) is 0 Å². The molecule has 0 aliphatic carbocycles. The molecule has 1 rings (SSSR count). The van der Waals surface area contributed by atoms with Crippen LogP contribution in [0.25, 0.3) is 0 Å². The molecule has 0 spiro atoms. The second-order valence-corrected chi connectivity index (χ2v) is 1.46. The van der Waals surface area contributed by atoms with Crippen LogP contribution in [-0.2, 0) is 4.79 Å². The molecule has 3 heteroatoms. The molecule has 0 aromatic rings. The maximum atomic E-state index is 10.4. The molecule has 42 valence electrons. The minimum atomic E-state index is 0.0336. The molecule has 1 aliphatic heterocycles. The van der Waals surface area contributed by atoms with E-state index in [1.54, 1.807) is 12.3 Å². The van der Waals surface area contributed by atoms with E-state index in [4.69, 9.17) is 0 Å². The lowest BCUT2D eigenvalue weighted by molar-refractivity contribution is -0.111. The zero-order chi connectivity index (χ0) is 5.82. The van der Waals surface area contributed by atoms with E-state index in [1.165, 1.54) is 6.21 Å². The maximum Gasteiger partial charge on any atom is 0.179 e. The Morgan fingerprint density at radius 1 is 1.75 bits per heavy atom. The number of rotatable bonds is 0. The van der Waals surface area contributed by atoms with Gasteiger partial charge in [-0.05, 0) is 0 Å². The van der Waals surface area contributed by atoms with Crippen molar-refractivity contribution in [3.05, 3.63) is 12.3 Å². The Morgan fingerprint density at radius 2 is 2.62 bits per heavy atom. The zero-order valence-corrected chi connectivity index (χ0v) is 4.29. The van der Waals surface area contributed by atoms with Gasteiger partial charge in [-0.1, -0.05) is 6.08 Å². The standard InChI is InChI=1S/C5H6N2O/c8-5-2-1-3-6-7-4-5/h1,3-4,6H,2H2. The summed E-state index contributed by atoms with van der Waals surface area (Å²) >= 11 is 0. The topological polar surface area (TPSA) is 41.5 Å². The van der Waals surface area contributed by atoms with Crippen molar-refractivity contribution in [2.24, 2.45) is 5.10 Å². The molecular weight excluding hydrogens is 104 g/mol. The van der Waals surface area contributed by atoms with Gasteiger partial charge in [-0.15, -0.1) is 0 Å². The van der Waals surface area contributed by atoms with Gasteiger partial charge in [0, 0.05) is 12.6 Å². The summed E-state index contributed by atoms with van der Waals surface area (Å²) in [6.07, 6.45) is 5.10. The highest BCUT2D eigenvalue weighted by atomic mass is 16.1. The van der Waals surface area contributed by atoms with Crippen LogP contribution in [0.4, 0.5) is 0 Å². The third kappa shape index (κ3) is 1.18. The number of allylic oxidation sites excluding steroid dienone is 1. The van der Waals surface area contributed by atoms with Gasteiger partial charge in [0.05, 0.1) is 6.21 Å². The van der Waals surface area contributed by atoms with Crippen molar-refractivity contribution in [1.82, 2.24) is 5.43 Å². The Morgan fingerprint density at radius 3 is 3.50 bits per heavy atom. The fourth-order valence-electron chi connectivity index (χ4n) is 0.433. The molecule has 0 atom stereocenters. The number of ketones is 1. The van der Waals surface area contributed by atoms with Gasteiger partial charge < -0.3 is 0 Å². The molecule has 0 aromatic carbocycles. The number of nitrogens with zero attached hydrogens (tertiary/aromatic N) is 1. The molecule has 1 heterocycles. The molecule has 0 aromatic heterocycles. The van der Waals surface area contributed by atoms with Gasteiger partial charge >= 0.3 is 0 Å². The van der Waals surface area contributed by atoms with E-state index in [9.17, 15) is 4.79 Å². The van der Waals surface area contributed by atoms with Crippen molar-refractivity contribution in [2.45, 2.75) is 6.42 Å². The van der Waals surface area contributed by atoms with Gasteiger partial charge in [0.25, 0.3) is 0 Å². The summed E-state index contributed by atoms with van der Waals surface area (Å²) in [5, 5.41) is 3.54. The van der Waals surface area contributed by atoms with Crippen molar-refractivity contribution in [3.8, 4) is 0 Å². The number of hydrogen-bond acceptors (Lipinski definition) is 3. The molecule has 0 saturated carbocycles. The second kappa shape index (κ2) is 2.26. The van der Waals surface area contributed by atoms with Crippen LogP contribution in [0.5, 0.6) is 0 Å². The lowest BCUT2D eigenvalue weighted by atomic mass is 10.3. The normalized spacial score (nSPS) is 17.8. The molecule has 0 saturated heterocycles. The number of nitrogens with one attached hydrogen (secondary N) is 1. The van der Waals surface area contributed by atoms with Crippen LogP contribution in [0.15, 0.2) is 17.4 Å². The van der Waals surface area contributed by atoms with Crippen LogP contribution in [0.1, 0.15) is 6.42 Å². The van der Waals surface area contributed by atoms with Crippen molar-refractivity contribution in [1.29, 1.82) is 0 Å². The summed E-state index contributed by atoms with van der Waals surface area (Å²) in [6.45, 7) is 0. The largest absolute Gasteiger partial charge is 0.293 e. The van der Waals surface area contributed by atoms with Crippen LogP contribution >= 0.6 is 0 Å². The molecular formula is C5H6N2O. The van der Waals surface area contributed by atoms with Gasteiger partial charge in [0.1, 0.15) is 0 Å². The molecule has 1 N–H and O–H groups in total. The summed E-state index contributed by atoms with van der Waals surface area (Å²) in [5.74, 6) is 0.0336. The molecule has 8 heavy (non-hydrogen) atoms. The summed E-state index contributed by atoms with van der Waals surface area (Å²) in [6, 6.07) is 0. The first-order valence-electron chi connectivity index (χ1n) is 2.36. The number of hydrogen-bond donors (Lipinski definition) is 1. The third-order valence-corrected chi connectivity index (χ3v) is 0.794. The average Bonchev–Trinajstić information content (AvgIpc) is 1.94. The van der Waals surface area contributed by atoms with Gasteiger partial charge in [-0.2, -0.15) is 5.10 Å². The van der Waals surface area contributed by atoms with Crippen LogP contribution in [-0.4, -0.2) is 12.0 Å². The summed E-state index contributed by atoms with van der Waals surface area (Å²) in [7, 11) is 0. The minimum absolute atomic E-state index is 0.0336. The number of hydrazone groups is 1. The monoisotopic (exact) mass is 110 g/mol. The van der Waals surface area contributed by atoms with Crippen molar-refractivity contribution >= 4 is 12.0 Å². The second-order valence-electron chi connectivity index (χ2n) is 1.46. The Kier molecular flexibility index (Phi) is 1.42.